The lowest BCUT2D eigenvalue weighted by molar-refractivity contribution is -0.128. The van der Waals surface area contributed by atoms with E-state index in [4.69, 9.17) is 0 Å². The van der Waals surface area contributed by atoms with Crippen molar-refractivity contribution >= 4 is 21.8 Å². The van der Waals surface area contributed by atoms with Gasteiger partial charge in [0.05, 0.1) is 6.04 Å². The largest absolute Gasteiger partial charge is 0.349 e. The lowest BCUT2D eigenvalue weighted by Gasteiger charge is -2.26. The first-order valence-electron chi connectivity index (χ1n) is 5.72. The van der Waals surface area contributed by atoms with Crippen LogP contribution in [0.1, 0.15) is 37.8 Å². The quantitative estimate of drug-likeness (QED) is 0.904. The molecule has 1 aromatic rings. The summed E-state index contributed by atoms with van der Waals surface area (Å²) in [6.45, 7) is 2.03. The summed E-state index contributed by atoms with van der Waals surface area (Å²) in [5.74, 6) is 0.472. The summed E-state index contributed by atoms with van der Waals surface area (Å²) in [6.07, 6.45) is 3.31. The molecule has 0 aromatic heterocycles. The van der Waals surface area contributed by atoms with Gasteiger partial charge in [0, 0.05) is 10.4 Å². The van der Waals surface area contributed by atoms with Crippen molar-refractivity contribution in [1.82, 2.24) is 5.32 Å². The fourth-order valence-corrected chi connectivity index (χ4v) is 2.10. The highest BCUT2D eigenvalue weighted by Gasteiger charge is 2.26. The van der Waals surface area contributed by atoms with E-state index in [0.29, 0.717) is 0 Å². The molecule has 2 rings (SSSR count). The second kappa shape index (κ2) is 5.00. The summed E-state index contributed by atoms with van der Waals surface area (Å²) < 4.78 is 1.06. The van der Waals surface area contributed by atoms with Crippen LogP contribution in [-0.4, -0.2) is 5.91 Å². The van der Waals surface area contributed by atoms with E-state index >= 15 is 0 Å². The van der Waals surface area contributed by atoms with Gasteiger partial charge in [0.15, 0.2) is 0 Å². The van der Waals surface area contributed by atoms with Gasteiger partial charge in [-0.2, -0.15) is 0 Å². The minimum Gasteiger partial charge on any atom is -0.349 e. The molecular formula is C13H16BrNO. The van der Waals surface area contributed by atoms with Crippen molar-refractivity contribution in [2.24, 2.45) is 5.92 Å². The molecule has 0 heterocycles. The Hall–Kier alpha value is -0.830. The molecule has 0 aliphatic heterocycles. The van der Waals surface area contributed by atoms with Gasteiger partial charge >= 0.3 is 0 Å². The normalized spacial score (nSPS) is 17.6. The molecule has 0 radical (unpaired) electrons. The Morgan fingerprint density at radius 1 is 1.38 bits per heavy atom. The minimum atomic E-state index is 0.0983. The molecular weight excluding hydrogens is 266 g/mol. The Kier molecular flexibility index (Phi) is 3.64. The molecule has 1 atom stereocenters. The third kappa shape index (κ3) is 2.64. The van der Waals surface area contributed by atoms with Crippen molar-refractivity contribution in [1.29, 1.82) is 0 Å². The molecule has 1 aliphatic rings. The Bertz CT molecular complexity index is 370. The van der Waals surface area contributed by atoms with Crippen molar-refractivity contribution in [3.8, 4) is 0 Å². The highest BCUT2D eigenvalue weighted by molar-refractivity contribution is 9.10. The van der Waals surface area contributed by atoms with Gasteiger partial charge in [-0.25, -0.2) is 0 Å². The second-order valence-electron chi connectivity index (χ2n) is 4.41. The summed E-state index contributed by atoms with van der Waals surface area (Å²) in [5, 5.41) is 3.06. The first kappa shape index (κ1) is 11.6. The molecule has 0 unspecified atom stereocenters. The molecule has 1 aromatic carbocycles. The fourth-order valence-electron chi connectivity index (χ4n) is 1.84. The lowest BCUT2D eigenvalue weighted by Crippen LogP contribution is -2.35. The van der Waals surface area contributed by atoms with Gasteiger partial charge in [-0.15, -0.1) is 0 Å². The number of carbonyl (C=O) groups excluding carboxylic acids is 1. The van der Waals surface area contributed by atoms with E-state index in [2.05, 4.69) is 21.2 Å². The molecule has 1 saturated carbocycles. The predicted molar refractivity (Wildman–Crippen MR) is 68.0 cm³/mol. The molecule has 0 bridgehead atoms. The van der Waals surface area contributed by atoms with E-state index in [1.54, 1.807) is 0 Å². The Morgan fingerprint density at radius 2 is 2.00 bits per heavy atom. The van der Waals surface area contributed by atoms with Crippen LogP contribution in [0.25, 0.3) is 0 Å². The van der Waals surface area contributed by atoms with Crippen LogP contribution in [0.2, 0.25) is 0 Å². The highest BCUT2D eigenvalue weighted by Crippen LogP contribution is 2.27. The van der Waals surface area contributed by atoms with Crippen LogP contribution < -0.4 is 5.32 Å². The standard InChI is InChI=1S/C13H16BrNO/c1-9(10-5-7-12(14)8-6-10)15-13(16)11-3-2-4-11/h5-9,11H,2-4H2,1H3,(H,15,16)/t9-/m0/s1. The van der Waals surface area contributed by atoms with Crippen LogP contribution in [0.5, 0.6) is 0 Å². The van der Waals surface area contributed by atoms with Crippen LogP contribution in [0.3, 0.4) is 0 Å². The number of halogens is 1. The number of nitrogens with one attached hydrogen (secondary N) is 1. The predicted octanol–water partition coefficient (Wildman–Crippen LogP) is 3.43. The first-order chi connectivity index (χ1) is 7.66. The smallest absolute Gasteiger partial charge is 0.223 e. The third-order valence-corrected chi connectivity index (χ3v) is 3.73. The van der Waals surface area contributed by atoms with Gasteiger partial charge < -0.3 is 5.32 Å². The topological polar surface area (TPSA) is 29.1 Å². The Balaban J connectivity index is 1.94. The molecule has 1 N–H and O–H groups in total. The SMILES string of the molecule is C[C@H](NC(=O)C1CCC1)c1ccc(Br)cc1. The number of hydrogen-bond acceptors (Lipinski definition) is 1. The molecule has 16 heavy (non-hydrogen) atoms. The molecule has 86 valence electrons. The summed E-state index contributed by atoms with van der Waals surface area (Å²) in [4.78, 5) is 11.8. The van der Waals surface area contributed by atoms with Gasteiger partial charge in [0.2, 0.25) is 5.91 Å². The van der Waals surface area contributed by atoms with Crippen LogP contribution >= 0.6 is 15.9 Å². The summed E-state index contributed by atoms with van der Waals surface area (Å²) in [7, 11) is 0. The summed E-state index contributed by atoms with van der Waals surface area (Å²) in [5.41, 5.74) is 1.15. The number of carbonyl (C=O) groups is 1. The summed E-state index contributed by atoms with van der Waals surface area (Å²) in [6, 6.07) is 8.18. The van der Waals surface area contributed by atoms with Crippen molar-refractivity contribution in [2.75, 3.05) is 0 Å². The average molecular weight is 282 g/mol. The van der Waals surface area contributed by atoms with E-state index in [0.717, 1.165) is 22.9 Å². The van der Waals surface area contributed by atoms with Gasteiger partial charge in [0.25, 0.3) is 0 Å². The maximum absolute atomic E-state index is 11.8. The second-order valence-corrected chi connectivity index (χ2v) is 5.33. The zero-order valence-electron chi connectivity index (χ0n) is 9.37. The zero-order chi connectivity index (χ0) is 11.5. The molecule has 0 saturated heterocycles. The maximum Gasteiger partial charge on any atom is 0.223 e. The van der Waals surface area contributed by atoms with Crippen molar-refractivity contribution in [2.45, 2.75) is 32.2 Å². The zero-order valence-corrected chi connectivity index (χ0v) is 11.0. The van der Waals surface area contributed by atoms with Crippen molar-refractivity contribution in [3.05, 3.63) is 34.3 Å². The van der Waals surface area contributed by atoms with E-state index in [1.165, 1.54) is 6.42 Å². The van der Waals surface area contributed by atoms with Gasteiger partial charge in [-0.3, -0.25) is 4.79 Å². The van der Waals surface area contributed by atoms with E-state index < -0.39 is 0 Å². The molecule has 1 fully saturated rings. The number of hydrogen-bond donors (Lipinski definition) is 1. The van der Waals surface area contributed by atoms with Gasteiger partial charge in [-0.05, 0) is 37.5 Å². The van der Waals surface area contributed by atoms with E-state index in [-0.39, 0.29) is 17.9 Å². The minimum absolute atomic E-state index is 0.0983. The average Bonchev–Trinajstić information content (AvgIpc) is 2.15. The number of amides is 1. The molecule has 2 nitrogen and oxygen atoms in total. The van der Waals surface area contributed by atoms with Crippen LogP contribution in [0, 0.1) is 5.92 Å². The monoisotopic (exact) mass is 281 g/mol. The Labute approximate surface area is 105 Å². The number of benzene rings is 1. The van der Waals surface area contributed by atoms with Crippen LogP contribution in [0.15, 0.2) is 28.7 Å². The van der Waals surface area contributed by atoms with Gasteiger partial charge in [-0.1, -0.05) is 34.5 Å². The first-order valence-corrected chi connectivity index (χ1v) is 6.52. The lowest BCUT2D eigenvalue weighted by atomic mass is 9.84. The fraction of sp³-hybridized carbons (Fsp3) is 0.462. The van der Waals surface area contributed by atoms with Crippen molar-refractivity contribution < 1.29 is 4.79 Å². The number of rotatable bonds is 3. The highest BCUT2D eigenvalue weighted by atomic mass is 79.9. The summed E-state index contributed by atoms with van der Waals surface area (Å²) >= 11 is 3.40. The van der Waals surface area contributed by atoms with Crippen LogP contribution in [0.4, 0.5) is 0 Å². The maximum atomic E-state index is 11.8. The van der Waals surface area contributed by atoms with Crippen LogP contribution in [-0.2, 0) is 4.79 Å². The Morgan fingerprint density at radius 3 is 2.50 bits per heavy atom. The molecule has 0 spiro atoms. The van der Waals surface area contributed by atoms with Crippen molar-refractivity contribution in [3.63, 3.8) is 0 Å². The van der Waals surface area contributed by atoms with Gasteiger partial charge in [0.1, 0.15) is 0 Å². The molecule has 1 amide bonds. The third-order valence-electron chi connectivity index (χ3n) is 3.20. The van der Waals surface area contributed by atoms with E-state index in [9.17, 15) is 4.79 Å². The molecule has 3 heteroatoms. The van der Waals surface area contributed by atoms with E-state index in [1.807, 2.05) is 31.2 Å². The molecule has 1 aliphatic carbocycles.